The minimum Gasteiger partial charge on any atom is -0.462 e. The molecule has 0 spiro atoms. The van der Waals surface area contributed by atoms with Crippen LogP contribution in [0.1, 0.15) is 39.0 Å². The van der Waals surface area contributed by atoms with Gasteiger partial charge in [-0.25, -0.2) is 0 Å². The fraction of sp³-hybridized carbons (Fsp3) is 0.909. The summed E-state index contributed by atoms with van der Waals surface area (Å²) in [6.45, 7) is 2.77. The molecule has 0 unspecified atom stereocenters. The number of nitrogens with two attached hydrogens (primary N) is 1. The highest BCUT2D eigenvalue weighted by molar-refractivity contribution is 5.66. The molecule has 1 saturated carbocycles. The number of rotatable bonds is 1. The van der Waals surface area contributed by atoms with Crippen LogP contribution >= 0.6 is 0 Å². The molecule has 1 aliphatic heterocycles. The molecule has 1 saturated heterocycles. The van der Waals surface area contributed by atoms with Crippen molar-refractivity contribution in [1.29, 1.82) is 0 Å². The van der Waals surface area contributed by atoms with Gasteiger partial charge in [0.05, 0.1) is 12.6 Å². The van der Waals surface area contributed by atoms with E-state index < -0.39 is 0 Å². The Morgan fingerprint density at radius 3 is 3.00 bits per heavy atom. The average Bonchev–Trinajstić information content (AvgIpc) is 2.17. The van der Waals surface area contributed by atoms with Gasteiger partial charge in [-0.3, -0.25) is 4.79 Å². The summed E-state index contributed by atoms with van der Waals surface area (Å²) >= 11 is 0. The van der Waals surface area contributed by atoms with Crippen LogP contribution < -0.4 is 5.32 Å². The minimum absolute atomic E-state index is 0.121. The third-order valence-corrected chi connectivity index (χ3v) is 3.58. The molecule has 0 aromatic rings. The zero-order valence-corrected chi connectivity index (χ0v) is 8.87. The lowest BCUT2D eigenvalue weighted by Gasteiger charge is -2.36. The SMILES string of the molecule is CC(=O)O[C@@H]1CC[C@@H]2CCC[NH2+][C@@H]2C1. The largest absolute Gasteiger partial charge is 0.462 e. The van der Waals surface area contributed by atoms with Crippen LogP contribution in [0.25, 0.3) is 0 Å². The van der Waals surface area contributed by atoms with Crippen LogP contribution in [0.2, 0.25) is 0 Å². The molecule has 0 aromatic carbocycles. The van der Waals surface area contributed by atoms with Crippen molar-refractivity contribution in [2.75, 3.05) is 6.54 Å². The predicted octanol–water partition coefficient (Wildman–Crippen LogP) is 0.444. The van der Waals surface area contributed by atoms with Crippen LogP contribution in [0.4, 0.5) is 0 Å². The summed E-state index contributed by atoms with van der Waals surface area (Å²) in [7, 11) is 0. The summed E-state index contributed by atoms with van der Waals surface area (Å²) < 4.78 is 5.28. The van der Waals surface area contributed by atoms with E-state index in [1.165, 1.54) is 32.7 Å². The lowest BCUT2D eigenvalue weighted by molar-refractivity contribution is -0.707. The summed E-state index contributed by atoms with van der Waals surface area (Å²) in [4.78, 5) is 10.8. The van der Waals surface area contributed by atoms with E-state index in [1.807, 2.05) is 0 Å². The number of quaternary nitrogens is 1. The molecular weight excluding hydrogens is 178 g/mol. The fourth-order valence-corrected chi connectivity index (χ4v) is 2.93. The van der Waals surface area contributed by atoms with Crippen molar-refractivity contribution >= 4 is 5.97 Å². The Balaban J connectivity index is 1.86. The average molecular weight is 198 g/mol. The third kappa shape index (κ3) is 2.27. The van der Waals surface area contributed by atoms with Gasteiger partial charge in [0.15, 0.2) is 0 Å². The van der Waals surface area contributed by atoms with Gasteiger partial charge in [0, 0.05) is 19.3 Å². The van der Waals surface area contributed by atoms with Gasteiger partial charge in [-0.15, -0.1) is 0 Å². The normalized spacial score (nSPS) is 37.4. The summed E-state index contributed by atoms with van der Waals surface area (Å²) in [6.07, 6.45) is 6.34. The van der Waals surface area contributed by atoms with E-state index in [9.17, 15) is 4.79 Å². The summed E-state index contributed by atoms with van der Waals surface area (Å²) in [6, 6.07) is 0.724. The zero-order valence-electron chi connectivity index (χ0n) is 8.87. The highest BCUT2D eigenvalue weighted by Crippen LogP contribution is 2.29. The molecule has 0 aromatic heterocycles. The standard InChI is InChI=1S/C11H19NO2/c1-8(13)14-10-5-4-9-3-2-6-12-11(9)7-10/h9-12H,2-7H2,1H3/p+1/t9-,10+,11+/m0/s1. The molecule has 2 aliphatic rings. The van der Waals surface area contributed by atoms with E-state index in [2.05, 4.69) is 5.32 Å². The monoisotopic (exact) mass is 198 g/mol. The smallest absolute Gasteiger partial charge is 0.302 e. The number of fused-ring (bicyclic) bond motifs is 1. The van der Waals surface area contributed by atoms with E-state index in [1.54, 1.807) is 0 Å². The van der Waals surface area contributed by atoms with Gasteiger partial charge in [0.2, 0.25) is 0 Å². The van der Waals surface area contributed by atoms with Crippen LogP contribution in [0.15, 0.2) is 0 Å². The van der Waals surface area contributed by atoms with Crippen molar-refractivity contribution in [3.63, 3.8) is 0 Å². The van der Waals surface area contributed by atoms with Gasteiger partial charge in [-0.05, 0) is 25.7 Å². The maximum absolute atomic E-state index is 10.8. The molecule has 2 fully saturated rings. The lowest BCUT2D eigenvalue weighted by atomic mass is 9.78. The van der Waals surface area contributed by atoms with Crippen molar-refractivity contribution in [3.05, 3.63) is 0 Å². The Hall–Kier alpha value is -0.570. The second kappa shape index (κ2) is 4.30. The third-order valence-electron chi connectivity index (χ3n) is 3.58. The molecule has 3 nitrogen and oxygen atoms in total. The lowest BCUT2D eigenvalue weighted by Crippen LogP contribution is -2.93. The Bertz CT molecular complexity index is 217. The van der Waals surface area contributed by atoms with Crippen LogP contribution in [0, 0.1) is 5.92 Å². The first-order chi connectivity index (χ1) is 6.75. The number of esters is 1. The van der Waals surface area contributed by atoms with Gasteiger partial charge in [0.1, 0.15) is 6.10 Å². The Morgan fingerprint density at radius 2 is 2.21 bits per heavy atom. The minimum atomic E-state index is -0.121. The van der Waals surface area contributed by atoms with E-state index in [-0.39, 0.29) is 12.1 Å². The topological polar surface area (TPSA) is 42.9 Å². The van der Waals surface area contributed by atoms with Gasteiger partial charge < -0.3 is 10.1 Å². The van der Waals surface area contributed by atoms with Crippen LogP contribution in [-0.4, -0.2) is 24.7 Å². The maximum atomic E-state index is 10.8. The van der Waals surface area contributed by atoms with Gasteiger partial charge >= 0.3 is 5.97 Å². The molecular formula is C11H20NO2+. The van der Waals surface area contributed by atoms with E-state index >= 15 is 0 Å². The van der Waals surface area contributed by atoms with E-state index in [0.717, 1.165) is 24.8 Å². The van der Waals surface area contributed by atoms with Gasteiger partial charge in [-0.2, -0.15) is 0 Å². The van der Waals surface area contributed by atoms with Crippen molar-refractivity contribution < 1.29 is 14.8 Å². The Kier molecular flexibility index (Phi) is 3.06. The first-order valence-electron chi connectivity index (χ1n) is 5.76. The first-order valence-corrected chi connectivity index (χ1v) is 5.76. The van der Waals surface area contributed by atoms with E-state index in [0.29, 0.717) is 0 Å². The zero-order chi connectivity index (χ0) is 9.97. The molecule has 1 heterocycles. The summed E-state index contributed by atoms with van der Waals surface area (Å²) in [5.41, 5.74) is 0. The Morgan fingerprint density at radius 1 is 1.36 bits per heavy atom. The number of ether oxygens (including phenoxy) is 1. The molecule has 3 atom stereocenters. The first kappa shape index (κ1) is 9.97. The number of hydrogen-bond acceptors (Lipinski definition) is 2. The Labute approximate surface area is 85.2 Å². The van der Waals surface area contributed by atoms with E-state index in [4.69, 9.17) is 4.74 Å². The van der Waals surface area contributed by atoms with Crippen molar-refractivity contribution in [3.8, 4) is 0 Å². The molecule has 3 heteroatoms. The second-order valence-corrected chi connectivity index (χ2v) is 4.64. The van der Waals surface area contributed by atoms with Crippen LogP contribution in [0.5, 0.6) is 0 Å². The molecule has 0 amide bonds. The molecule has 2 rings (SSSR count). The summed E-state index contributed by atoms with van der Waals surface area (Å²) in [5, 5.41) is 2.45. The molecule has 80 valence electrons. The highest BCUT2D eigenvalue weighted by Gasteiger charge is 2.35. The van der Waals surface area contributed by atoms with Gasteiger partial charge in [0.25, 0.3) is 0 Å². The quantitative estimate of drug-likeness (QED) is 0.621. The van der Waals surface area contributed by atoms with Crippen LogP contribution in [0.3, 0.4) is 0 Å². The highest BCUT2D eigenvalue weighted by atomic mass is 16.5. The number of piperidine rings is 1. The molecule has 14 heavy (non-hydrogen) atoms. The predicted molar refractivity (Wildman–Crippen MR) is 52.7 cm³/mol. The second-order valence-electron chi connectivity index (χ2n) is 4.64. The molecule has 0 radical (unpaired) electrons. The number of hydrogen-bond donors (Lipinski definition) is 1. The van der Waals surface area contributed by atoms with Crippen molar-refractivity contribution in [2.45, 2.75) is 51.2 Å². The molecule has 2 N–H and O–H groups in total. The number of carbonyl (C=O) groups is 1. The van der Waals surface area contributed by atoms with Crippen molar-refractivity contribution in [1.82, 2.24) is 0 Å². The van der Waals surface area contributed by atoms with Crippen LogP contribution in [-0.2, 0) is 9.53 Å². The summed E-state index contributed by atoms with van der Waals surface area (Å²) in [5.74, 6) is 0.764. The maximum Gasteiger partial charge on any atom is 0.302 e. The molecule has 0 bridgehead atoms. The number of carbonyl (C=O) groups excluding carboxylic acids is 1. The molecule has 1 aliphatic carbocycles. The van der Waals surface area contributed by atoms with Crippen molar-refractivity contribution in [2.24, 2.45) is 5.92 Å². The van der Waals surface area contributed by atoms with Gasteiger partial charge in [-0.1, -0.05) is 0 Å². The fourth-order valence-electron chi connectivity index (χ4n) is 2.93.